The minimum atomic E-state index is -0.672. The van der Waals surface area contributed by atoms with Crippen LogP contribution >= 0.6 is 7.92 Å². The van der Waals surface area contributed by atoms with Crippen molar-refractivity contribution >= 4 is 23.8 Å². The van der Waals surface area contributed by atoms with E-state index >= 15 is 0 Å². The number of benzene rings is 3. The first kappa shape index (κ1) is 17.7. The summed E-state index contributed by atoms with van der Waals surface area (Å²) in [6, 6.07) is 29.7. The highest BCUT2D eigenvalue weighted by atomic mass is 31.1. The van der Waals surface area contributed by atoms with Crippen LogP contribution in [0.25, 0.3) is 0 Å². The molecule has 1 atom stereocenters. The average molecular weight is 350 g/mol. The minimum absolute atomic E-state index is 0.00884. The Morgan fingerprint density at radius 1 is 0.760 bits per heavy atom. The van der Waals surface area contributed by atoms with Crippen molar-refractivity contribution in [3.8, 4) is 5.75 Å². The number of ether oxygens (including phenoxy) is 2. The zero-order valence-corrected chi connectivity index (χ0v) is 15.5. The number of para-hydroxylation sites is 1. The van der Waals surface area contributed by atoms with Crippen molar-refractivity contribution in [3.05, 3.63) is 84.9 Å². The van der Waals surface area contributed by atoms with Crippen molar-refractivity contribution in [3.63, 3.8) is 0 Å². The van der Waals surface area contributed by atoms with Crippen molar-refractivity contribution in [2.75, 3.05) is 13.7 Å². The normalized spacial score (nSPS) is 12.1. The zero-order valence-electron chi connectivity index (χ0n) is 14.6. The van der Waals surface area contributed by atoms with Gasteiger partial charge in [0.2, 0.25) is 0 Å². The number of rotatable bonds is 7. The SMILES string of the molecule is COCC(C)Oc1ccccc1P(c1ccccc1)c1ccccc1. The fraction of sp³-hybridized carbons (Fsp3) is 0.182. The van der Waals surface area contributed by atoms with Crippen molar-refractivity contribution in [2.24, 2.45) is 0 Å². The number of hydrogen-bond acceptors (Lipinski definition) is 2. The lowest BCUT2D eigenvalue weighted by atomic mass is 10.3. The van der Waals surface area contributed by atoms with Crippen LogP contribution in [0.15, 0.2) is 84.9 Å². The molecule has 0 aliphatic carbocycles. The molecule has 3 aromatic rings. The number of methoxy groups -OCH3 is 1. The van der Waals surface area contributed by atoms with E-state index in [0.717, 1.165) is 5.75 Å². The fourth-order valence-electron chi connectivity index (χ4n) is 2.81. The van der Waals surface area contributed by atoms with Gasteiger partial charge in [0.05, 0.1) is 6.61 Å². The quantitative estimate of drug-likeness (QED) is 0.603. The lowest BCUT2D eigenvalue weighted by molar-refractivity contribution is 0.0928. The summed E-state index contributed by atoms with van der Waals surface area (Å²) in [5.74, 6) is 0.936. The maximum absolute atomic E-state index is 6.20. The van der Waals surface area contributed by atoms with Crippen LogP contribution < -0.4 is 20.7 Å². The van der Waals surface area contributed by atoms with Crippen molar-refractivity contribution < 1.29 is 9.47 Å². The maximum atomic E-state index is 6.20. The lowest BCUT2D eigenvalue weighted by Gasteiger charge is -2.23. The predicted octanol–water partition coefficient (Wildman–Crippen LogP) is 3.86. The second-order valence-corrected chi connectivity index (χ2v) is 8.04. The summed E-state index contributed by atoms with van der Waals surface area (Å²) in [7, 11) is 1.03. The molecule has 0 aliphatic rings. The number of hydrogen-bond donors (Lipinski definition) is 0. The standard InChI is InChI=1S/C22H23O2P/c1-18(17-23-2)24-21-15-9-10-16-22(21)25(19-11-5-3-6-12-19)20-13-7-4-8-14-20/h3-16,18H,17H2,1-2H3. The molecule has 128 valence electrons. The molecule has 0 aromatic heterocycles. The molecule has 0 amide bonds. The third kappa shape index (κ3) is 4.48. The molecular formula is C22H23O2P. The first-order valence-electron chi connectivity index (χ1n) is 8.44. The van der Waals surface area contributed by atoms with Gasteiger partial charge in [0, 0.05) is 12.4 Å². The van der Waals surface area contributed by atoms with Gasteiger partial charge in [0.1, 0.15) is 11.9 Å². The van der Waals surface area contributed by atoms with Gasteiger partial charge >= 0.3 is 0 Å². The van der Waals surface area contributed by atoms with E-state index in [0.29, 0.717) is 6.61 Å². The van der Waals surface area contributed by atoms with Gasteiger partial charge in [-0.1, -0.05) is 78.9 Å². The Bertz CT molecular complexity index is 735. The molecule has 3 rings (SSSR count). The molecule has 3 heteroatoms. The molecule has 25 heavy (non-hydrogen) atoms. The summed E-state index contributed by atoms with van der Waals surface area (Å²) in [4.78, 5) is 0. The third-order valence-corrected chi connectivity index (χ3v) is 6.34. The Labute approximate surface area is 151 Å². The molecule has 0 aliphatic heterocycles. The summed E-state index contributed by atoms with van der Waals surface area (Å²) in [6.07, 6.45) is 0.00884. The Hall–Kier alpha value is -2.15. The van der Waals surface area contributed by atoms with Gasteiger partial charge in [0.15, 0.2) is 0 Å². The third-order valence-electron chi connectivity index (χ3n) is 3.86. The highest BCUT2D eigenvalue weighted by Gasteiger charge is 2.20. The van der Waals surface area contributed by atoms with Crippen LogP contribution in [0, 0.1) is 0 Å². The van der Waals surface area contributed by atoms with Crippen molar-refractivity contribution in [1.82, 2.24) is 0 Å². The van der Waals surface area contributed by atoms with Crippen LogP contribution in [0.4, 0.5) is 0 Å². The fourth-order valence-corrected chi connectivity index (χ4v) is 5.19. The van der Waals surface area contributed by atoms with E-state index in [1.54, 1.807) is 7.11 Å². The zero-order chi connectivity index (χ0) is 17.5. The molecule has 1 unspecified atom stereocenters. The van der Waals surface area contributed by atoms with Crippen molar-refractivity contribution in [1.29, 1.82) is 0 Å². The van der Waals surface area contributed by atoms with E-state index < -0.39 is 7.92 Å². The highest BCUT2D eigenvalue weighted by Crippen LogP contribution is 2.36. The minimum Gasteiger partial charge on any atom is -0.488 e. The molecule has 2 nitrogen and oxygen atoms in total. The average Bonchev–Trinajstić information content (AvgIpc) is 2.65. The highest BCUT2D eigenvalue weighted by molar-refractivity contribution is 7.80. The summed E-state index contributed by atoms with van der Waals surface area (Å²) < 4.78 is 11.4. The molecule has 0 saturated carbocycles. The lowest BCUT2D eigenvalue weighted by Crippen LogP contribution is -2.25. The van der Waals surface area contributed by atoms with Gasteiger partial charge < -0.3 is 9.47 Å². The van der Waals surface area contributed by atoms with Crippen LogP contribution in [0.3, 0.4) is 0 Å². The Morgan fingerprint density at radius 3 is 1.84 bits per heavy atom. The topological polar surface area (TPSA) is 18.5 Å². The Morgan fingerprint density at radius 2 is 1.28 bits per heavy atom. The molecule has 0 bridgehead atoms. The van der Waals surface area contributed by atoms with Crippen molar-refractivity contribution in [2.45, 2.75) is 13.0 Å². The smallest absolute Gasteiger partial charge is 0.128 e. The largest absolute Gasteiger partial charge is 0.488 e. The molecular weight excluding hydrogens is 327 g/mol. The van der Waals surface area contributed by atoms with Gasteiger partial charge in [-0.2, -0.15) is 0 Å². The summed E-state index contributed by atoms with van der Waals surface area (Å²) in [5, 5.41) is 3.87. The van der Waals surface area contributed by atoms with E-state index in [1.807, 2.05) is 13.0 Å². The monoisotopic (exact) mass is 350 g/mol. The molecule has 0 saturated heterocycles. The van der Waals surface area contributed by atoms with Crippen LogP contribution in [0.5, 0.6) is 5.75 Å². The van der Waals surface area contributed by atoms with E-state index in [-0.39, 0.29) is 6.10 Å². The van der Waals surface area contributed by atoms with Gasteiger partial charge in [-0.25, -0.2) is 0 Å². The summed E-state index contributed by atoms with van der Waals surface area (Å²) in [6.45, 7) is 2.61. The van der Waals surface area contributed by atoms with E-state index in [2.05, 4.69) is 78.9 Å². The Kier molecular flexibility index (Phi) is 6.22. The molecule has 0 radical (unpaired) electrons. The first-order chi connectivity index (χ1) is 12.3. The van der Waals surface area contributed by atoms with Gasteiger partial charge in [-0.05, 0) is 31.5 Å². The summed E-state index contributed by atoms with van der Waals surface area (Å²) >= 11 is 0. The van der Waals surface area contributed by atoms with E-state index in [1.165, 1.54) is 15.9 Å². The van der Waals surface area contributed by atoms with E-state index in [4.69, 9.17) is 9.47 Å². The van der Waals surface area contributed by atoms with Crippen LogP contribution in [-0.4, -0.2) is 19.8 Å². The van der Waals surface area contributed by atoms with E-state index in [9.17, 15) is 0 Å². The van der Waals surface area contributed by atoms with Gasteiger partial charge in [0.25, 0.3) is 0 Å². The van der Waals surface area contributed by atoms with Crippen LogP contribution in [0.1, 0.15) is 6.92 Å². The molecule has 0 fully saturated rings. The van der Waals surface area contributed by atoms with Crippen LogP contribution in [0.2, 0.25) is 0 Å². The van der Waals surface area contributed by atoms with Gasteiger partial charge in [-0.3, -0.25) is 0 Å². The Balaban J connectivity index is 2.05. The molecule has 0 heterocycles. The predicted molar refractivity (Wildman–Crippen MR) is 107 cm³/mol. The molecule has 3 aromatic carbocycles. The molecule has 0 N–H and O–H groups in total. The first-order valence-corrected chi connectivity index (χ1v) is 9.78. The molecule has 0 spiro atoms. The van der Waals surface area contributed by atoms with Gasteiger partial charge in [-0.15, -0.1) is 0 Å². The second-order valence-electron chi connectivity index (χ2n) is 5.86. The van der Waals surface area contributed by atoms with Crippen LogP contribution in [-0.2, 0) is 4.74 Å². The summed E-state index contributed by atoms with van der Waals surface area (Å²) in [5.41, 5.74) is 0. The maximum Gasteiger partial charge on any atom is 0.128 e. The second kappa shape index (κ2) is 8.80.